The van der Waals surface area contributed by atoms with Crippen molar-refractivity contribution in [3.05, 3.63) is 11.6 Å². The molecular formula is C11H16O3. The zero-order chi connectivity index (χ0) is 10.4. The first-order chi connectivity index (χ1) is 6.72. The summed E-state index contributed by atoms with van der Waals surface area (Å²) < 4.78 is 4.83. The van der Waals surface area contributed by atoms with E-state index >= 15 is 0 Å². The molecule has 0 saturated heterocycles. The summed E-state index contributed by atoms with van der Waals surface area (Å²) in [7, 11) is 0. The smallest absolute Gasteiger partial charge is 0.309 e. The Morgan fingerprint density at radius 3 is 2.86 bits per heavy atom. The van der Waals surface area contributed by atoms with E-state index in [4.69, 9.17) is 4.74 Å². The fourth-order valence-electron chi connectivity index (χ4n) is 1.56. The highest BCUT2D eigenvalue weighted by molar-refractivity contribution is 5.91. The summed E-state index contributed by atoms with van der Waals surface area (Å²) >= 11 is 0. The van der Waals surface area contributed by atoms with E-state index in [1.165, 1.54) is 0 Å². The fourth-order valence-corrected chi connectivity index (χ4v) is 1.56. The molecule has 0 radical (unpaired) electrons. The lowest BCUT2D eigenvalue weighted by Crippen LogP contribution is -2.05. The Bertz CT molecular complexity index is 253. The molecule has 1 rings (SSSR count). The third-order valence-electron chi connectivity index (χ3n) is 2.21. The van der Waals surface area contributed by atoms with Gasteiger partial charge < -0.3 is 4.74 Å². The van der Waals surface area contributed by atoms with Crippen molar-refractivity contribution in [1.82, 2.24) is 0 Å². The van der Waals surface area contributed by atoms with Gasteiger partial charge in [-0.3, -0.25) is 9.59 Å². The highest BCUT2D eigenvalue weighted by Gasteiger charge is 2.12. The number of hydrogen-bond acceptors (Lipinski definition) is 3. The molecule has 0 bridgehead atoms. The molecule has 3 heteroatoms. The summed E-state index contributed by atoms with van der Waals surface area (Å²) in [5.74, 6) is -0.0877. The Balaban J connectivity index is 2.49. The van der Waals surface area contributed by atoms with Gasteiger partial charge in [-0.2, -0.15) is 0 Å². The second-order valence-electron chi connectivity index (χ2n) is 3.46. The van der Waals surface area contributed by atoms with Gasteiger partial charge in [0.2, 0.25) is 0 Å². The third-order valence-corrected chi connectivity index (χ3v) is 2.21. The van der Waals surface area contributed by atoms with E-state index in [1.54, 1.807) is 13.0 Å². The van der Waals surface area contributed by atoms with Gasteiger partial charge in [-0.15, -0.1) is 0 Å². The molecule has 0 aliphatic heterocycles. The molecule has 0 aromatic heterocycles. The van der Waals surface area contributed by atoms with E-state index in [9.17, 15) is 9.59 Å². The molecule has 0 spiro atoms. The molecule has 0 aromatic rings. The zero-order valence-electron chi connectivity index (χ0n) is 8.54. The maximum Gasteiger partial charge on any atom is 0.309 e. The number of ether oxygens (including phenoxy) is 1. The monoisotopic (exact) mass is 196 g/mol. The summed E-state index contributed by atoms with van der Waals surface area (Å²) in [5.41, 5.74) is 0.922. The van der Waals surface area contributed by atoms with Crippen molar-refractivity contribution >= 4 is 11.8 Å². The molecule has 0 unspecified atom stereocenters. The van der Waals surface area contributed by atoms with E-state index in [0.717, 1.165) is 24.8 Å². The Morgan fingerprint density at radius 1 is 1.43 bits per heavy atom. The van der Waals surface area contributed by atoms with Crippen LogP contribution in [0.1, 0.15) is 39.0 Å². The number of carbonyl (C=O) groups excluding carboxylic acids is 2. The molecule has 0 amide bonds. The van der Waals surface area contributed by atoms with Gasteiger partial charge in [-0.05, 0) is 32.3 Å². The van der Waals surface area contributed by atoms with Crippen LogP contribution in [0.4, 0.5) is 0 Å². The molecule has 78 valence electrons. The van der Waals surface area contributed by atoms with Crippen LogP contribution in [0.25, 0.3) is 0 Å². The summed E-state index contributed by atoms with van der Waals surface area (Å²) in [6, 6.07) is 0. The van der Waals surface area contributed by atoms with Gasteiger partial charge >= 0.3 is 5.97 Å². The summed E-state index contributed by atoms with van der Waals surface area (Å²) in [5, 5.41) is 0. The Labute approximate surface area is 84.1 Å². The van der Waals surface area contributed by atoms with Crippen LogP contribution in [0.2, 0.25) is 0 Å². The molecular weight excluding hydrogens is 180 g/mol. The van der Waals surface area contributed by atoms with Crippen molar-refractivity contribution in [2.45, 2.75) is 39.0 Å². The van der Waals surface area contributed by atoms with Crippen LogP contribution in [0.5, 0.6) is 0 Å². The molecule has 0 saturated carbocycles. The molecule has 3 nitrogen and oxygen atoms in total. The van der Waals surface area contributed by atoms with Crippen LogP contribution < -0.4 is 0 Å². The summed E-state index contributed by atoms with van der Waals surface area (Å²) in [6.07, 6.45) is 5.29. The van der Waals surface area contributed by atoms with Gasteiger partial charge in [0.25, 0.3) is 0 Å². The van der Waals surface area contributed by atoms with E-state index < -0.39 is 0 Å². The van der Waals surface area contributed by atoms with Crippen molar-refractivity contribution in [3.63, 3.8) is 0 Å². The first kappa shape index (κ1) is 11.0. The Hall–Kier alpha value is -1.12. The van der Waals surface area contributed by atoms with E-state index in [0.29, 0.717) is 13.0 Å². The van der Waals surface area contributed by atoms with Crippen LogP contribution in [0.3, 0.4) is 0 Å². The minimum atomic E-state index is -0.228. The van der Waals surface area contributed by atoms with Crippen molar-refractivity contribution < 1.29 is 14.3 Å². The lowest BCUT2D eigenvalue weighted by Gasteiger charge is -2.03. The molecule has 0 heterocycles. The van der Waals surface area contributed by atoms with Crippen molar-refractivity contribution in [2.24, 2.45) is 0 Å². The standard InChI is InChI=1S/C11H16O3/c1-2-14-11(13)8-9-5-3-4-6-10(12)7-9/h7H,2-6,8H2,1H3. The first-order valence-corrected chi connectivity index (χ1v) is 5.10. The lowest BCUT2D eigenvalue weighted by molar-refractivity contribution is -0.142. The summed E-state index contributed by atoms with van der Waals surface area (Å²) in [4.78, 5) is 22.4. The van der Waals surface area contributed by atoms with E-state index in [1.807, 2.05) is 0 Å². The highest BCUT2D eigenvalue weighted by atomic mass is 16.5. The lowest BCUT2D eigenvalue weighted by atomic mass is 10.1. The van der Waals surface area contributed by atoms with Gasteiger partial charge in [-0.1, -0.05) is 5.57 Å². The van der Waals surface area contributed by atoms with Crippen molar-refractivity contribution in [2.75, 3.05) is 6.61 Å². The van der Waals surface area contributed by atoms with Crippen LogP contribution in [0, 0.1) is 0 Å². The minimum Gasteiger partial charge on any atom is -0.466 e. The predicted molar refractivity (Wildman–Crippen MR) is 52.8 cm³/mol. The van der Waals surface area contributed by atoms with Gasteiger partial charge in [0.05, 0.1) is 13.0 Å². The Kier molecular flexibility index (Phi) is 4.36. The van der Waals surface area contributed by atoms with Gasteiger partial charge in [0.15, 0.2) is 5.78 Å². The van der Waals surface area contributed by atoms with E-state index in [-0.39, 0.29) is 18.2 Å². The highest BCUT2D eigenvalue weighted by Crippen LogP contribution is 2.18. The molecule has 14 heavy (non-hydrogen) atoms. The molecule has 0 fully saturated rings. The fraction of sp³-hybridized carbons (Fsp3) is 0.636. The molecule has 1 aliphatic rings. The zero-order valence-corrected chi connectivity index (χ0v) is 8.54. The first-order valence-electron chi connectivity index (χ1n) is 5.10. The van der Waals surface area contributed by atoms with Gasteiger partial charge in [0.1, 0.15) is 0 Å². The average molecular weight is 196 g/mol. The summed E-state index contributed by atoms with van der Waals surface area (Å²) in [6.45, 7) is 2.19. The quantitative estimate of drug-likeness (QED) is 0.648. The number of hydrogen-bond donors (Lipinski definition) is 0. The maximum absolute atomic E-state index is 11.2. The van der Waals surface area contributed by atoms with Crippen molar-refractivity contribution in [1.29, 1.82) is 0 Å². The number of ketones is 1. The number of rotatable bonds is 3. The third kappa shape index (κ3) is 3.73. The second-order valence-corrected chi connectivity index (χ2v) is 3.46. The molecule has 0 N–H and O–H groups in total. The second kappa shape index (κ2) is 5.58. The van der Waals surface area contributed by atoms with Crippen LogP contribution in [0.15, 0.2) is 11.6 Å². The molecule has 0 aromatic carbocycles. The van der Waals surface area contributed by atoms with Crippen molar-refractivity contribution in [3.8, 4) is 0 Å². The number of carbonyl (C=O) groups is 2. The molecule has 0 atom stereocenters. The van der Waals surface area contributed by atoms with Crippen LogP contribution in [-0.2, 0) is 14.3 Å². The normalized spacial score (nSPS) is 17.2. The SMILES string of the molecule is CCOC(=O)CC1=CC(=O)CCCC1. The Morgan fingerprint density at radius 2 is 2.14 bits per heavy atom. The topological polar surface area (TPSA) is 43.4 Å². The van der Waals surface area contributed by atoms with Gasteiger partial charge in [-0.25, -0.2) is 0 Å². The van der Waals surface area contributed by atoms with Crippen LogP contribution >= 0.6 is 0 Å². The van der Waals surface area contributed by atoms with E-state index in [2.05, 4.69) is 0 Å². The van der Waals surface area contributed by atoms with Gasteiger partial charge in [0, 0.05) is 6.42 Å². The van der Waals surface area contributed by atoms with Crippen LogP contribution in [-0.4, -0.2) is 18.4 Å². The predicted octanol–water partition coefficient (Wildman–Crippen LogP) is 2.01. The number of esters is 1. The largest absolute Gasteiger partial charge is 0.466 e. The maximum atomic E-state index is 11.2. The minimum absolute atomic E-state index is 0.141. The average Bonchev–Trinajstić information content (AvgIpc) is 2.30. The molecule has 1 aliphatic carbocycles. The number of allylic oxidation sites excluding steroid dienone is 1.